The van der Waals surface area contributed by atoms with Crippen LogP contribution in [0.3, 0.4) is 0 Å². The molecule has 1 aliphatic heterocycles. The largest absolute Gasteiger partial charge is 0.466 e. The van der Waals surface area contributed by atoms with E-state index in [1.807, 2.05) is 6.07 Å². The predicted octanol–water partition coefficient (Wildman–Crippen LogP) is 4.10. The molecule has 0 bridgehead atoms. The van der Waals surface area contributed by atoms with E-state index < -0.39 is 0 Å². The Morgan fingerprint density at radius 1 is 1.20 bits per heavy atom. The Hall–Kier alpha value is -0.320. The summed E-state index contributed by atoms with van der Waals surface area (Å²) >= 11 is 3.65. The van der Waals surface area contributed by atoms with E-state index in [1.54, 1.807) is 6.26 Å². The Balaban J connectivity index is 1.93. The van der Waals surface area contributed by atoms with Gasteiger partial charge in [0.25, 0.3) is 0 Å². The summed E-state index contributed by atoms with van der Waals surface area (Å²) in [5, 5.41) is 3.56. The van der Waals surface area contributed by atoms with Crippen molar-refractivity contribution >= 4 is 15.9 Å². The fourth-order valence-electron chi connectivity index (χ4n) is 4.27. The maximum atomic E-state index is 5.81. The van der Waals surface area contributed by atoms with Gasteiger partial charge in [-0.3, -0.25) is 4.90 Å². The summed E-state index contributed by atoms with van der Waals surface area (Å²) in [5.41, 5.74) is 0.246. The minimum atomic E-state index is 0.246. The van der Waals surface area contributed by atoms with Gasteiger partial charge in [-0.2, -0.15) is 0 Å². The van der Waals surface area contributed by atoms with Gasteiger partial charge in [0.2, 0.25) is 0 Å². The molecular weight excluding hydrogens is 316 g/mol. The van der Waals surface area contributed by atoms with Crippen molar-refractivity contribution in [2.24, 2.45) is 0 Å². The van der Waals surface area contributed by atoms with Gasteiger partial charge in [-0.1, -0.05) is 19.3 Å². The topological polar surface area (TPSA) is 28.4 Å². The van der Waals surface area contributed by atoms with E-state index >= 15 is 0 Å². The summed E-state index contributed by atoms with van der Waals surface area (Å²) in [6, 6.07) is 2.30. The van der Waals surface area contributed by atoms with Crippen LogP contribution in [0, 0.1) is 0 Å². The predicted molar refractivity (Wildman–Crippen MR) is 84.8 cm³/mol. The summed E-state index contributed by atoms with van der Waals surface area (Å²) < 4.78 is 6.91. The number of rotatable bonds is 4. The van der Waals surface area contributed by atoms with Gasteiger partial charge in [0.1, 0.15) is 5.76 Å². The molecule has 0 spiro atoms. The second-order valence-corrected chi connectivity index (χ2v) is 7.07. The molecule has 1 aromatic heterocycles. The van der Waals surface area contributed by atoms with E-state index in [9.17, 15) is 0 Å². The van der Waals surface area contributed by atoms with Crippen molar-refractivity contribution in [3.05, 3.63) is 22.6 Å². The first-order chi connectivity index (χ1) is 9.78. The maximum Gasteiger partial charge on any atom is 0.136 e. The molecule has 1 N–H and O–H groups in total. The molecule has 0 amide bonds. The third-order valence-corrected chi connectivity index (χ3v) is 5.84. The van der Waals surface area contributed by atoms with Crippen LogP contribution in [0.15, 0.2) is 21.2 Å². The minimum Gasteiger partial charge on any atom is -0.466 e. The number of furan rings is 1. The van der Waals surface area contributed by atoms with Gasteiger partial charge in [0.15, 0.2) is 0 Å². The zero-order valence-electron chi connectivity index (χ0n) is 12.3. The van der Waals surface area contributed by atoms with Crippen LogP contribution in [-0.2, 0) is 0 Å². The Morgan fingerprint density at radius 2 is 1.90 bits per heavy atom. The molecule has 1 saturated heterocycles. The number of halogens is 1. The van der Waals surface area contributed by atoms with E-state index in [0.717, 1.165) is 10.2 Å². The van der Waals surface area contributed by atoms with Crippen LogP contribution in [0.5, 0.6) is 0 Å². The number of hydrogen-bond acceptors (Lipinski definition) is 3. The SMILES string of the molecule is CNC(c1occc1Br)C1(N2CCCCC2)CCCC1. The van der Waals surface area contributed by atoms with Crippen molar-refractivity contribution in [1.29, 1.82) is 0 Å². The highest BCUT2D eigenvalue weighted by atomic mass is 79.9. The van der Waals surface area contributed by atoms with E-state index in [4.69, 9.17) is 4.42 Å². The van der Waals surface area contributed by atoms with Crippen LogP contribution in [0.25, 0.3) is 0 Å². The molecule has 0 radical (unpaired) electrons. The van der Waals surface area contributed by atoms with Gasteiger partial charge < -0.3 is 9.73 Å². The van der Waals surface area contributed by atoms with Gasteiger partial charge in [-0.05, 0) is 67.8 Å². The van der Waals surface area contributed by atoms with Gasteiger partial charge in [0.05, 0.1) is 16.8 Å². The van der Waals surface area contributed by atoms with Crippen LogP contribution < -0.4 is 5.32 Å². The van der Waals surface area contributed by atoms with Crippen molar-refractivity contribution < 1.29 is 4.42 Å². The van der Waals surface area contributed by atoms with Crippen LogP contribution in [0.4, 0.5) is 0 Å². The average molecular weight is 341 g/mol. The molecule has 4 heteroatoms. The van der Waals surface area contributed by atoms with E-state index in [1.165, 1.54) is 58.0 Å². The molecular formula is C16H25BrN2O. The van der Waals surface area contributed by atoms with Gasteiger partial charge in [-0.25, -0.2) is 0 Å². The summed E-state index contributed by atoms with van der Waals surface area (Å²) in [6.07, 6.45) is 11.1. The maximum absolute atomic E-state index is 5.81. The molecule has 1 aromatic rings. The van der Waals surface area contributed by atoms with Gasteiger partial charge in [0, 0.05) is 5.54 Å². The normalized spacial score (nSPS) is 24.9. The van der Waals surface area contributed by atoms with Crippen LogP contribution in [-0.4, -0.2) is 30.6 Å². The van der Waals surface area contributed by atoms with Crippen molar-refractivity contribution in [3.63, 3.8) is 0 Å². The number of likely N-dealkylation sites (N-methyl/N-ethyl adjacent to an activating group) is 1. The molecule has 2 aliphatic rings. The monoisotopic (exact) mass is 340 g/mol. The molecule has 1 unspecified atom stereocenters. The standard InChI is InChI=1S/C16H25BrN2O/c1-18-15(14-13(17)7-12-20-14)16(8-3-4-9-16)19-10-5-2-6-11-19/h7,12,15,18H,2-6,8-11H2,1H3. The Morgan fingerprint density at radius 3 is 2.45 bits per heavy atom. The van der Waals surface area contributed by atoms with Crippen molar-refractivity contribution in [2.75, 3.05) is 20.1 Å². The molecule has 2 fully saturated rings. The fraction of sp³-hybridized carbons (Fsp3) is 0.750. The average Bonchev–Trinajstić information content (AvgIpc) is 3.12. The van der Waals surface area contributed by atoms with Crippen molar-refractivity contribution in [1.82, 2.24) is 10.2 Å². The van der Waals surface area contributed by atoms with Gasteiger partial charge in [-0.15, -0.1) is 0 Å². The lowest BCUT2D eigenvalue weighted by molar-refractivity contribution is 0.0316. The highest BCUT2D eigenvalue weighted by Gasteiger charge is 2.47. The zero-order chi connectivity index (χ0) is 14.0. The molecule has 3 rings (SSSR count). The third-order valence-electron chi connectivity index (χ3n) is 5.19. The fourth-order valence-corrected chi connectivity index (χ4v) is 4.70. The summed E-state index contributed by atoms with van der Waals surface area (Å²) in [5.74, 6) is 1.07. The number of likely N-dealkylation sites (tertiary alicyclic amines) is 1. The zero-order valence-corrected chi connectivity index (χ0v) is 13.9. The van der Waals surface area contributed by atoms with Crippen LogP contribution >= 0.6 is 15.9 Å². The van der Waals surface area contributed by atoms with E-state index in [0.29, 0.717) is 0 Å². The first kappa shape index (κ1) is 14.6. The first-order valence-corrected chi connectivity index (χ1v) is 8.72. The summed E-state index contributed by atoms with van der Waals surface area (Å²) in [4.78, 5) is 2.75. The Bertz CT molecular complexity index is 433. The Kier molecular flexibility index (Phi) is 4.53. The minimum absolute atomic E-state index is 0.246. The first-order valence-electron chi connectivity index (χ1n) is 7.93. The summed E-state index contributed by atoms with van der Waals surface area (Å²) in [6.45, 7) is 2.49. The van der Waals surface area contributed by atoms with Crippen LogP contribution in [0.1, 0.15) is 56.7 Å². The molecule has 0 aromatic carbocycles. The highest BCUT2D eigenvalue weighted by Crippen LogP contribution is 2.46. The van der Waals surface area contributed by atoms with Crippen molar-refractivity contribution in [3.8, 4) is 0 Å². The second kappa shape index (κ2) is 6.20. The highest BCUT2D eigenvalue weighted by molar-refractivity contribution is 9.10. The molecule has 112 valence electrons. The molecule has 1 aliphatic carbocycles. The lowest BCUT2D eigenvalue weighted by Gasteiger charge is -2.47. The van der Waals surface area contributed by atoms with Gasteiger partial charge >= 0.3 is 0 Å². The van der Waals surface area contributed by atoms with E-state index in [-0.39, 0.29) is 11.6 Å². The van der Waals surface area contributed by atoms with Crippen LogP contribution in [0.2, 0.25) is 0 Å². The number of nitrogens with zero attached hydrogens (tertiary/aromatic N) is 1. The number of hydrogen-bond donors (Lipinski definition) is 1. The number of piperidine rings is 1. The van der Waals surface area contributed by atoms with E-state index in [2.05, 4.69) is 33.2 Å². The second-order valence-electron chi connectivity index (χ2n) is 6.21. The molecule has 1 atom stereocenters. The van der Waals surface area contributed by atoms with Crippen molar-refractivity contribution in [2.45, 2.75) is 56.5 Å². The quantitative estimate of drug-likeness (QED) is 0.894. The molecule has 20 heavy (non-hydrogen) atoms. The third kappa shape index (κ3) is 2.46. The lowest BCUT2D eigenvalue weighted by atomic mass is 9.83. The number of nitrogens with one attached hydrogen (secondary N) is 1. The Labute approximate surface area is 130 Å². The summed E-state index contributed by atoms with van der Waals surface area (Å²) in [7, 11) is 2.07. The molecule has 1 saturated carbocycles. The smallest absolute Gasteiger partial charge is 0.136 e. The molecule has 2 heterocycles. The lowest BCUT2D eigenvalue weighted by Crippen LogP contribution is -2.56. The molecule has 3 nitrogen and oxygen atoms in total.